The molecule has 3 rings (SSSR count). The van der Waals surface area contributed by atoms with Crippen LogP contribution in [0, 0.1) is 5.92 Å². The predicted octanol–water partition coefficient (Wildman–Crippen LogP) is 1.90. The first-order valence-electron chi connectivity index (χ1n) is 10.3. The molecule has 10 heteroatoms. The quantitative estimate of drug-likeness (QED) is 0.329. The lowest BCUT2D eigenvalue weighted by molar-refractivity contribution is -0.118. The fourth-order valence-corrected chi connectivity index (χ4v) is 4.68. The lowest BCUT2D eigenvalue weighted by Crippen LogP contribution is -2.31. The summed E-state index contributed by atoms with van der Waals surface area (Å²) in [7, 11) is -3.42. The van der Waals surface area contributed by atoms with Gasteiger partial charge in [0.05, 0.1) is 18.4 Å². The second-order valence-corrected chi connectivity index (χ2v) is 9.65. The molecule has 2 fully saturated rings. The van der Waals surface area contributed by atoms with Crippen molar-refractivity contribution < 1.29 is 22.7 Å². The second-order valence-electron chi connectivity index (χ2n) is 7.78. The van der Waals surface area contributed by atoms with Gasteiger partial charge in [-0.2, -0.15) is 0 Å². The number of rotatable bonds is 13. The van der Waals surface area contributed by atoms with E-state index >= 15 is 0 Å². The van der Waals surface area contributed by atoms with Gasteiger partial charge in [0.1, 0.15) is 12.3 Å². The minimum Gasteiger partial charge on any atom is -0.492 e. The van der Waals surface area contributed by atoms with E-state index < -0.39 is 10.0 Å². The number of carbonyl (C=O) groups excluding carboxylic acids is 2. The number of imide groups is 1. The maximum absolute atomic E-state index is 12.4. The number of sulfonamides is 1. The summed E-state index contributed by atoms with van der Waals surface area (Å²) in [6.07, 6.45) is 6.66. The van der Waals surface area contributed by atoms with E-state index in [-0.39, 0.29) is 30.3 Å². The number of H-pyrrole nitrogens is 1. The molecule has 29 heavy (non-hydrogen) atoms. The van der Waals surface area contributed by atoms with Gasteiger partial charge in [-0.25, -0.2) is 17.9 Å². The summed E-state index contributed by atoms with van der Waals surface area (Å²) in [5, 5.41) is 2.22. The van der Waals surface area contributed by atoms with Crippen molar-refractivity contribution in [3.63, 3.8) is 0 Å². The number of carbonyl (C=O) groups is 2. The van der Waals surface area contributed by atoms with Crippen molar-refractivity contribution in [1.29, 1.82) is 0 Å². The van der Waals surface area contributed by atoms with Crippen LogP contribution in [0.2, 0.25) is 0 Å². The molecule has 1 saturated carbocycles. The Morgan fingerprint density at radius 2 is 2.07 bits per heavy atom. The smallest absolute Gasteiger partial charge is 0.324 e. The molecule has 1 aromatic heterocycles. The van der Waals surface area contributed by atoms with Crippen molar-refractivity contribution in [2.75, 3.05) is 25.4 Å². The highest BCUT2D eigenvalue weighted by molar-refractivity contribution is 7.89. The van der Waals surface area contributed by atoms with Gasteiger partial charge in [0.25, 0.3) is 0 Å². The van der Waals surface area contributed by atoms with Gasteiger partial charge >= 0.3 is 6.03 Å². The van der Waals surface area contributed by atoms with Crippen LogP contribution in [-0.4, -0.2) is 55.7 Å². The fraction of sp³-hybridized carbons (Fsp3) is 0.684. The summed E-state index contributed by atoms with van der Waals surface area (Å²) in [4.78, 5) is 27.1. The van der Waals surface area contributed by atoms with Gasteiger partial charge in [-0.1, -0.05) is 13.3 Å². The zero-order chi connectivity index (χ0) is 20.9. The summed E-state index contributed by atoms with van der Waals surface area (Å²) in [5.41, 5.74) is 0.798. The van der Waals surface area contributed by atoms with E-state index in [0.29, 0.717) is 44.8 Å². The van der Waals surface area contributed by atoms with Crippen LogP contribution in [0.5, 0.6) is 5.75 Å². The normalized spacial score (nSPS) is 18.2. The van der Waals surface area contributed by atoms with Crippen molar-refractivity contribution in [2.24, 2.45) is 5.92 Å². The zero-order valence-electron chi connectivity index (χ0n) is 16.8. The standard InChI is InChI=1S/C19H30N4O5S/c1-2-16(17-10-15(11-20-17)28-13-14-6-7-14)22-29(26,27)9-5-3-4-8-23-12-18(24)21-19(23)25/h10-11,14,16,20,22H,2-9,12-13H2,1H3,(H,21,24,25). The highest BCUT2D eigenvalue weighted by atomic mass is 32.2. The van der Waals surface area contributed by atoms with Crippen LogP contribution >= 0.6 is 0 Å². The molecule has 1 atom stereocenters. The van der Waals surface area contributed by atoms with Crippen molar-refractivity contribution in [1.82, 2.24) is 19.9 Å². The molecule has 1 aromatic rings. The number of urea groups is 1. The van der Waals surface area contributed by atoms with Crippen molar-refractivity contribution in [2.45, 2.75) is 51.5 Å². The van der Waals surface area contributed by atoms with E-state index in [2.05, 4.69) is 15.0 Å². The number of nitrogens with zero attached hydrogens (tertiary/aromatic N) is 1. The van der Waals surface area contributed by atoms with Crippen LogP contribution in [0.25, 0.3) is 0 Å². The minimum absolute atomic E-state index is 0.0281. The van der Waals surface area contributed by atoms with Crippen LogP contribution in [0.3, 0.4) is 0 Å². The Morgan fingerprint density at radius 3 is 2.72 bits per heavy atom. The Balaban J connectivity index is 1.39. The molecule has 9 nitrogen and oxygen atoms in total. The lowest BCUT2D eigenvalue weighted by Gasteiger charge is -2.16. The Kier molecular flexibility index (Phi) is 7.18. The molecule has 3 amide bonds. The van der Waals surface area contributed by atoms with Gasteiger partial charge in [-0.3, -0.25) is 10.1 Å². The molecular formula is C19H30N4O5S. The first-order chi connectivity index (χ1) is 13.9. The molecule has 2 heterocycles. The van der Waals surface area contributed by atoms with Crippen LogP contribution in [0.4, 0.5) is 4.79 Å². The Labute approximate surface area is 171 Å². The van der Waals surface area contributed by atoms with Crippen molar-refractivity contribution in [3.8, 4) is 5.75 Å². The topological polar surface area (TPSA) is 121 Å². The molecule has 1 aliphatic heterocycles. The number of nitrogens with one attached hydrogen (secondary N) is 3. The van der Waals surface area contributed by atoms with Crippen LogP contribution in [-0.2, 0) is 14.8 Å². The molecule has 2 aliphatic rings. The third-order valence-electron chi connectivity index (χ3n) is 5.18. The third-order valence-corrected chi connectivity index (χ3v) is 6.65. The predicted molar refractivity (Wildman–Crippen MR) is 108 cm³/mol. The summed E-state index contributed by atoms with van der Waals surface area (Å²) >= 11 is 0. The van der Waals surface area contributed by atoms with Crippen LogP contribution < -0.4 is 14.8 Å². The summed E-state index contributed by atoms with van der Waals surface area (Å²) in [6.45, 7) is 3.18. The average Bonchev–Trinajstić information content (AvgIpc) is 3.29. The van der Waals surface area contributed by atoms with E-state index in [4.69, 9.17) is 4.74 Å². The number of ether oxygens (including phenoxy) is 1. The van der Waals surface area contributed by atoms with Gasteiger partial charge in [-0.15, -0.1) is 0 Å². The van der Waals surface area contributed by atoms with E-state index in [0.717, 1.165) is 11.4 Å². The van der Waals surface area contributed by atoms with Gasteiger partial charge in [0, 0.05) is 24.5 Å². The Bertz CT molecular complexity index is 818. The molecule has 1 unspecified atom stereocenters. The first-order valence-corrected chi connectivity index (χ1v) is 11.9. The summed E-state index contributed by atoms with van der Waals surface area (Å²) in [6, 6.07) is 1.17. The maximum Gasteiger partial charge on any atom is 0.324 e. The van der Waals surface area contributed by atoms with E-state index in [9.17, 15) is 18.0 Å². The Morgan fingerprint density at radius 1 is 1.28 bits per heavy atom. The van der Waals surface area contributed by atoms with Gasteiger partial charge in [0.15, 0.2) is 0 Å². The maximum atomic E-state index is 12.4. The second kappa shape index (κ2) is 9.62. The van der Waals surface area contributed by atoms with Crippen molar-refractivity contribution in [3.05, 3.63) is 18.0 Å². The first kappa shape index (κ1) is 21.6. The SMILES string of the molecule is CCC(NS(=O)(=O)CCCCCN1CC(=O)NC1=O)c1cc(OCC2CC2)c[nH]1. The average molecular weight is 427 g/mol. The highest BCUT2D eigenvalue weighted by Gasteiger charge is 2.26. The molecule has 0 radical (unpaired) electrons. The van der Waals surface area contributed by atoms with Crippen LogP contribution in [0.1, 0.15) is 57.2 Å². The molecule has 1 aliphatic carbocycles. The van der Waals surface area contributed by atoms with E-state index in [1.165, 1.54) is 17.7 Å². The van der Waals surface area contributed by atoms with E-state index in [1.807, 2.05) is 13.0 Å². The Hall–Kier alpha value is -2.07. The molecule has 0 spiro atoms. The number of aromatic amines is 1. The van der Waals surface area contributed by atoms with Gasteiger partial charge in [-0.05, 0) is 38.0 Å². The molecular weight excluding hydrogens is 396 g/mol. The molecule has 1 saturated heterocycles. The van der Waals surface area contributed by atoms with Crippen molar-refractivity contribution >= 4 is 22.0 Å². The molecule has 3 N–H and O–H groups in total. The monoisotopic (exact) mass is 426 g/mol. The number of unbranched alkanes of at least 4 members (excludes halogenated alkanes) is 2. The van der Waals surface area contributed by atoms with E-state index in [1.54, 1.807) is 6.20 Å². The number of aromatic nitrogens is 1. The minimum atomic E-state index is -3.42. The van der Waals surface area contributed by atoms with Gasteiger partial charge in [0.2, 0.25) is 15.9 Å². The fourth-order valence-electron chi connectivity index (χ4n) is 3.25. The lowest BCUT2D eigenvalue weighted by atomic mass is 10.2. The molecule has 162 valence electrons. The number of amides is 3. The summed E-state index contributed by atoms with van der Waals surface area (Å²) in [5.74, 6) is 1.14. The number of hydrogen-bond donors (Lipinski definition) is 3. The number of hydrogen-bond acceptors (Lipinski definition) is 5. The zero-order valence-corrected chi connectivity index (χ0v) is 17.6. The summed E-state index contributed by atoms with van der Waals surface area (Å²) < 4.78 is 33.4. The highest BCUT2D eigenvalue weighted by Crippen LogP contribution is 2.30. The molecule has 0 aromatic carbocycles. The third kappa shape index (κ3) is 6.74. The largest absolute Gasteiger partial charge is 0.492 e. The van der Waals surface area contributed by atoms with Crippen LogP contribution in [0.15, 0.2) is 12.3 Å². The van der Waals surface area contributed by atoms with Gasteiger partial charge < -0.3 is 14.6 Å². The molecule has 0 bridgehead atoms.